The lowest BCUT2D eigenvalue weighted by atomic mass is 9.76. The second-order valence-electron chi connectivity index (χ2n) is 6.89. The van der Waals surface area contributed by atoms with Crippen LogP contribution in [-0.2, 0) is 10.3 Å². The molecule has 0 N–H and O–H groups in total. The molecule has 146 valence electrons. The molecule has 1 aliphatic heterocycles. The first-order valence-electron chi connectivity index (χ1n) is 9.82. The van der Waals surface area contributed by atoms with Crippen LogP contribution < -0.4 is 0 Å². The van der Waals surface area contributed by atoms with Gasteiger partial charge in [0.15, 0.2) is 0 Å². The zero-order chi connectivity index (χ0) is 20.1. The molecule has 0 unspecified atom stereocenters. The summed E-state index contributed by atoms with van der Waals surface area (Å²) in [5.41, 5.74) is 2.81. The minimum absolute atomic E-state index is 0.339. The van der Waals surface area contributed by atoms with Crippen molar-refractivity contribution in [1.29, 1.82) is 0 Å². The van der Waals surface area contributed by atoms with E-state index in [1.807, 2.05) is 31.3 Å². The van der Waals surface area contributed by atoms with Crippen LogP contribution in [-0.4, -0.2) is 29.2 Å². The van der Waals surface area contributed by atoms with Crippen LogP contribution in [0.4, 0.5) is 4.79 Å². The third-order valence-electron chi connectivity index (χ3n) is 5.24. The van der Waals surface area contributed by atoms with Crippen LogP contribution in [0.25, 0.3) is 0 Å². The maximum absolute atomic E-state index is 12.4. The van der Waals surface area contributed by atoms with Crippen molar-refractivity contribution in [2.45, 2.75) is 12.5 Å². The highest BCUT2D eigenvalue weighted by Crippen LogP contribution is 2.43. The molecule has 0 spiro atoms. The first-order valence-corrected chi connectivity index (χ1v) is 9.82. The van der Waals surface area contributed by atoms with Gasteiger partial charge in [-0.05, 0) is 23.6 Å². The van der Waals surface area contributed by atoms with Gasteiger partial charge in [-0.2, -0.15) is 0 Å². The van der Waals surface area contributed by atoms with Gasteiger partial charge >= 0.3 is 6.09 Å². The Morgan fingerprint density at radius 2 is 1.24 bits per heavy atom. The zero-order valence-corrected chi connectivity index (χ0v) is 16.4. The summed E-state index contributed by atoms with van der Waals surface area (Å²) in [6.07, 6.45) is 3.43. The highest BCUT2D eigenvalue weighted by atomic mass is 16.6. The van der Waals surface area contributed by atoms with E-state index in [4.69, 9.17) is 4.74 Å². The monoisotopic (exact) mass is 384 g/mol. The fraction of sp³-hybridized carbons (Fsp3) is 0.160. The van der Waals surface area contributed by atoms with Crippen LogP contribution in [0.2, 0.25) is 0 Å². The van der Waals surface area contributed by atoms with Crippen molar-refractivity contribution in [3.8, 4) is 0 Å². The average Bonchev–Trinajstić information content (AvgIpc) is 3.27. The topological polar surface area (TPSA) is 32.8 Å². The van der Waals surface area contributed by atoms with Gasteiger partial charge < -0.3 is 9.64 Å². The molecule has 1 amide bonds. The molecular weight excluding hydrogens is 360 g/mol. The van der Waals surface area contributed by atoms with Crippen molar-refractivity contribution in [2.24, 2.45) is 0 Å². The average molecular weight is 384 g/mol. The molecule has 0 aliphatic carbocycles. The molecule has 1 aliphatic rings. The van der Waals surface area contributed by atoms with Gasteiger partial charge in [0, 0.05) is 12.4 Å². The smallest absolute Gasteiger partial charge is 0.415 e. The first kappa shape index (κ1) is 18.8. The Bertz CT molecular complexity index is 875. The zero-order valence-electron chi connectivity index (χ0n) is 16.4. The van der Waals surface area contributed by atoms with Gasteiger partial charge in [0.1, 0.15) is 12.2 Å². The highest BCUT2D eigenvalue weighted by Gasteiger charge is 2.43. The lowest BCUT2D eigenvalue weighted by molar-refractivity contribution is 0.105. The lowest BCUT2D eigenvalue weighted by Gasteiger charge is -2.44. The van der Waals surface area contributed by atoms with Gasteiger partial charge in [-0.3, -0.25) is 4.90 Å². The van der Waals surface area contributed by atoms with Crippen LogP contribution in [0.1, 0.15) is 23.6 Å². The fourth-order valence-electron chi connectivity index (χ4n) is 4.00. The molecule has 3 aromatic rings. The summed E-state index contributed by atoms with van der Waals surface area (Å²) in [5, 5.41) is 0. The number of amides is 1. The number of hydrogen-bond acceptors (Lipinski definition) is 3. The second kappa shape index (κ2) is 8.23. The maximum Gasteiger partial charge on any atom is 0.415 e. The molecular formula is C25H24N2O2. The van der Waals surface area contributed by atoms with Crippen LogP contribution >= 0.6 is 0 Å². The standard InChI is InChI=1S/C25H24N2O2/c1-2-29-24(28)26-18-19-27(20-26)25(21-12-6-3-7-13-21,22-14-8-4-9-15-22)23-16-10-5-11-17-23/h3-19H,2,20H2,1H3. The SMILES string of the molecule is CCOC(=O)N1C=CN(C(c2ccccc2)(c2ccccc2)c2ccccc2)C1. The number of carbonyl (C=O) groups excluding carboxylic acids is 1. The Kier molecular flexibility index (Phi) is 5.34. The number of carbonyl (C=O) groups is 1. The molecule has 0 radical (unpaired) electrons. The summed E-state index contributed by atoms with van der Waals surface area (Å²) in [4.78, 5) is 16.2. The van der Waals surface area contributed by atoms with Gasteiger partial charge in [-0.15, -0.1) is 0 Å². The highest BCUT2D eigenvalue weighted by molar-refractivity contribution is 5.69. The normalized spacial score (nSPS) is 13.6. The summed E-state index contributed by atoms with van der Waals surface area (Å²) in [6, 6.07) is 31.2. The molecule has 1 heterocycles. The molecule has 3 aromatic carbocycles. The van der Waals surface area contributed by atoms with Crippen molar-refractivity contribution in [1.82, 2.24) is 9.80 Å². The van der Waals surface area contributed by atoms with Crippen molar-refractivity contribution < 1.29 is 9.53 Å². The Morgan fingerprint density at radius 3 is 1.66 bits per heavy atom. The van der Waals surface area contributed by atoms with Crippen LogP contribution in [0, 0.1) is 0 Å². The summed E-state index contributed by atoms with van der Waals surface area (Å²) in [6.45, 7) is 2.57. The third kappa shape index (κ3) is 3.38. The number of rotatable bonds is 5. The maximum atomic E-state index is 12.4. The predicted molar refractivity (Wildman–Crippen MR) is 114 cm³/mol. The van der Waals surface area contributed by atoms with E-state index in [0.29, 0.717) is 13.3 Å². The number of hydrogen-bond donors (Lipinski definition) is 0. The number of ether oxygens (including phenoxy) is 1. The molecule has 0 aromatic heterocycles. The summed E-state index contributed by atoms with van der Waals surface area (Å²) in [7, 11) is 0. The van der Waals surface area contributed by atoms with Gasteiger partial charge in [0.25, 0.3) is 0 Å². The van der Waals surface area contributed by atoms with E-state index in [2.05, 4.69) is 77.7 Å². The van der Waals surface area contributed by atoms with E-state index in [1.54, 1.807) is 11.1 Å². The second-order valence-corrected chi connectivity index (χ2v) is 6.89. The van der Waals surface area contributed by atoms with Crippen molar-refractivity contribution in [3.05, 3.63) is 120 Å². The number of benzene rings is 3. The molecule has 4 nitrogen and oxygen atoms in total. The van der Waals surface area contributed by atoms with E-state index < -0.39 is 5.54 Å². The lowest BCUT2D eigenvalue weighted by Crippen LogP contribution is -2.47. The van der Waals surface area contributed by atoms with E-state index in [9.17, 15) is 4.79 Å². The van der Waals surface area contributed by atoms with E-state index in [1.165, 1.54) is 0 Å². The van der Waals surface area contributed by atoms with Gasteiger partial charge in [0.2, 0.25) is 0 Å². The molecule has 0 bridgehead atoms. The van der Waals surface area contributed by atoms with Crippen LogP contribution in [0.3, 0.4) is 0 Å². The number of nitrogens with zero attached hydrogens (tertiary/aromatic N) is 2. The third-order valence-corrected chi connectivity index (χ3v) is 5.24. The minimum Gasteiger partial charge on any atom is -0.449 e. The molecule has 29 heavy (non-hydrogen) atoms. The van der Waals surface area contributed by atoms with Crippen LogP contribution in [0.5, 0.6) is 0 Å². The van der Waals surface area contributed by atoms with E-state index in [-0.39, 0.29) is 6.09 Å². The first-order chi connectivity index (χ1) is 14.3. The van der Waals surface area contributed by atoms with E-state index >= 15 is 0 Å². The molecule has 0 atom stereocenters. The molecule has 0 fully saturated rings. The molecule has 0 saturated heterocycles. The van der Waals surface area contributed by atoms with E-state index in [0.717, 1.165) is 16.7 Å². The predicted octanol–water partition coefficient (Wildman–Crippen LogP) is 5.18. The van der Waals surface area contributed by atoms with Gasteiger partial charge in [-0.25, -0.2) is 4.79 Å². The fourth-order valence-corrected chi connectivity index (χ4v) is 4.00. The van der Waals surface area contributed by atoms with Crippen molar-refractivity contribution in [3.63, 3.8) is 0 Å². The van der Waals surface area contributed by atoms with Crippen molar-refractivity contribution >= 4 is 6.09 Å². The summed E-state index contributed by atoms with van der Waals surface area (Å²) < 4.78 is 5.21. The Hall–Kier alpha value is -3.53. The molecule has 4 heteroatoms. The largest absolute Gasteiger partial charge is 0.449 e. The van der Waals surface area contributed by atoms with Gasteiger partial charge in [-0.1, -0.05) is 91.0 Å². The quantitative estimate of drug-likeness (QED) is 0.568. The summed E-state index contributed by atoms with van der Waals surface area (Å²) in [5.74, 6) is 0. The van der Waals surface area contributed by atoms with Crippen LogP contribution in [0.15, 0.2) is 103 Å². The Labute approximate surface area is 171 Å². The summed E-state index contributed by atoms with van der Waals surface area (Å²) >= 11 is 0. The van der Waals surface area contributed by atoms with Gasteiger partial charge in [0.05, 0.1) is 6.61 Å². The molecule has 4 rings (SSSR count). The Morgan fingerprint density at radius 1 is 0.793 bits per heavy atom. The molecule has 0 saturated carbocycles. The Balaban J connectivity index is 1.90. The minimum atomic E-state index is -0.582. The van der Waals surface area contributed by atoms with Crippen molar-refractivity contribution in [2.75, 3.05) is 13.3 Å².